The van der Waals surface area contributed by atoms with Crippen molar-refractivity contribution in [1.29, 1.82) is 0 Å². The maximum absolute atomic E-state index is 12.4. The van der Waals surface area contributed by atoms with Gasteiger partial charge in [0.15, 0.2) is 11.5 Å². The van der Waals surface area contributed by atoms with Gasteiger partial charge in [0.25, 0.3) is 0 Å². The van der Waals surface area contributed by atoms with Crippen molar-refractivity contribution < 1.29 is 14.7 Å². The number of aromatic nitrogens is 5. The van der Waals surface area contributed by atoms with Crippen molar-refractivity contribution in [3.8, 4) is 0 Å². The summed E-state index contributed by atoms with van der Waals surface area (Å²) >= 11 is 0. The number of carboxylic acids is 1. The van der Waals surface area contributed by atoms with Crippen LogP contribution in [0, 0.1) is 11.8 Å². The highest BCUT2D eigenvalue weighted by atomic mass is 16.4. The number of nitrogens with zero attached hydrogens (tertiary/aromatic N) is 6. The molecule has 1 saturated heterocycles. The first-order valence-electron chi connectivity index (χ1n) is 8.77. The monoisotopic (exact) mass is 361 g/mol. The molecule has 2 N–H and O–H groups in total. The zero-order valence-corrected chi connectivity index (χ0v) is 14.9. The van der Waals surface area contributed by atoms with Gasteiger partial charge in [0.05, 0.1) is 0 Å². The summed E-state index contributed by atoms with van der Waals surface area (Å²) in [7, 11) is 0. The molecule has 1 atom stereocenters. The zero-order valence-electron chi connectivity index (χ0n) is 14.9. The van der Waals surface area contributed by atoms with Crippen LogP contribution in [0.5, 0.6) is 0 Å². The highest BCUT2D eigenvalue weighted by Gasteiger charge is 2.29. The van der Waals surface area contributed by atoms with Gasteiger partial charge in [0, 0.05) is 19.0 Å². The van der Waals surface area contributed by atoms with Crippen LogP contribution in [0.25, 0.3) is 5.65 Å². The lowest BCUT2D eigenvalue weighted by Crippen LogP contribution is -2.47. The summed E-state index contributed by atoms with van der Waals surface area (Å²) in [6, 6.07) is 2.82. The number of aliphatic carboxylic acids is 1. The number of rotatable bonds is 6. The second-order valence-corrected chi connectivity index (χ2v) is 7.01. The Balaban J connectivity index is 1.57. The van der Waals surface area contributed by atoms with E-state index in [2.05, 4.69) is 30.8 Å². The molecular formula is C16H23N7O3. The third-order valence-electron chi connectivity index (χ3n) is 4.57. The quantitative estimate of drug-likeness (QED) is 0.755. The van der Waals surface area contributed by atoms with E-state index >= 15 is 0 Å². The fourth-order valence-electron chi connectivity index (χ4n) is 3.16. The molecule has 2 aromatic heterocycles. The van der Waals surface area contributed by atoms with E-state index in [-0.39, 0.29) is 17.7 Å². The fourth-order valence-corrected chi connectivity index (χ4v) is 3.16. The number of anilines is 1. The summed E-state index contributed by atoms with van der Waals surface area (Å²) in [5.41, 5.74) is 0.577. The summed E-state index contributed by atoms with van der Waals surface area (Å²) in [4.78, 5) is 25.8. The molecule has 1 fully saturated rings. The molecule has 1 amide bonds. The maximum atomic E-state index is 12.4. The molecule has 0 radical (unpaired) electrons. The lowest BCUT2D eigenvalue weighted by atomic mass is 9.94. The van der Waals surface area contributed by atoms with Crippen molar-refractivity contribution in [3.05, 3.63) is 12.1 Å². The number of hydrogen-bond donors (Lipinski definition) is 2. The lowest BCUT2D eigenvalue weighted by molar-refractivity contribution is -0.143. The largest absolute Gasteiger partial charge is 0.480 e. The molecule has 3 heterocycles. The van der Waals surface area contributed by atoms with Gasteiger partial charge in [-0.1, -0.05) is 13.8 Å². The number of amides is 1. The Morgan fingerprint density at radius 1 is 1.31 bits per heavy atom. The van der Waals surface area contributed by atoms with E-state index in [4.69, 9.17) is 0 Å². The lowest BCUT2D eigenvalue weighted by Gasteiger charge is -2.32. The summed E-state index contributed by atoms with van der Waals surface area (Å²) in [5.74, 6) is -0.389. The van der Waals surface area contributed by atoms with Gasteiger partial charge in [0.2, 0.25) is 5.91 Å². The molecule has 0 aromatic carbocycles. The molecule has 1 aliphatic rings. The molecule has 0 unspecified atom stereocenters. The van der Waals surface area contributed by atoms with Crippen LogP contribution in [0.4, 0.5) is 5.82 Å². The molecule has 140 valence electrons. The number of fused-ring (bicyclic) bond motifs is 1. The summed E-state index contributed by atoms with van der Waals surface area (Å²) in [6.07, 6.45) is 1.72. The number of hydrogen-bond acceptors (Lipinski definition) is 7. The second kappa shape index (κ2) is 7.63. The van der Waals surface area contributed by atoms with E-state index in [0.29, 0.717) is 38.0 Å². The van der Waals surface area contributed by atoms with E-state index in [0.717, 1.165) is 5.82 Å². The van der Waals surface area contributed by atoms with Crippen LogP contribution in [0.1, 0.15) is 33.1 Å². The zero-order chi connectivity index (χ0) is 18.7. The Bertz CT molecular complexity index is 783. The van der Waals surface area contributed by atoms with E-state index in [1.807, 2.05) is 19.9 Å². The van der Waals surface area contributed by atoms with Crippen molar-refractivity contribution >= 4 is 23.3 Å². The average molecular weight is 361 g/mol. The molecular weight excluding hydrogens is 338 g/mol. The van der Waals surface area contributed by atoms with Crippen LogP contribution in [0.15, 0.2) is 12.1 Å². The molecule has 0 bridgehead atoms. The van der Waals surface area contributed by atoms with Crippen LogP contribution in [-0.4, -0.2) is 61.4 Å². The van der Waals surface area contributed by atoms with Crippen molar-refractivity contribution in [2.75, 3.05) is 18.0 Å². The smallest absolute Gasteiger partial charge is 0.326 e. The van der Waals surface area contributed by atoms with Crippen molar-refractivity contribution in [1.82, 2.24) is 30.6 Å². The van der Waals surface area contributed by atoms with E-state index in [1.165, 1.54) is 4.63 Å². The van der Waals surface area contributed by atoms with Gasteiger partial charge < -0.3 is 15.3 Å². The minimum atomic E-state index is -0.983. The molecule has 2 aromatic rings. The topological polar surface area (TPSA) is 126 Å². The first-order chi connectivity index (χ1) is 12.4. The Morgan fingerprint density at radius 2 is 2.04 bits per heavy atom. The van der Waals surface area contributed by atoms with Gasteiger partial charge in [-0.15, -0.1) is 14.8 Å². The highest BCUT2D eigenvalue weighted by Crippen LogP contribution is 2.22. The number of carbonyl (C=O) groups excluding carboxylic acids is 1. The third-order valence-corrected chi connectivity index (χ3v) is 4.57. The number of carboxylic acid groups (broad SMARTS) is 1. The Labute approximate surface area is 150 Å². The fraction of sp³-hybridized carbons (Fsp3) is 0.625. The van der Waals surface area contributed by atoms with Crippen LogP contribution in [0.3, 0.4) is 0 Å². The highest BCUT2D eigenvalue weighted by molar-refractivity contribution is 5.85. The summed E-state index contributed by atoms with van der Waals surface area (Å²) < 4.78 is 1.37. The number of carbonyl (C=O) groups is 2. The third kappa shape index (κ3) is 4.06. The predicted octanol–water partition coefficient (Wildman–Crippen LogP) is 0.351. The molecule has 10 nitrogen and oxygen atoms in total. The normalized spacial score (nSPS) is 16.8. The molecule has 0 saturated carbocycles. The molecule has 0 aliphatic carbocycles. The first-order valence-corrected chi connectivity index (χ1v) is 8.77. The van der Waals surface area contributed by atoms with Crippen LogP contribution < -0.4 is 10.2 Å². The predicted molar refractivity (Wildman–Crippen MR) is 92.5 cm³/mol. The number of piperidine rings is 1. The van der Waals surface area contributed by atoms with E-state index < -0.39 is 12.0 Å². The molecule has 3 rings (SSSR count). The number of nitrogens with one attached hydrogen (secondary N) is 1. The Kier molecular flexibility index (Phi) is 5.29. The van der Waals surface area contributed by atoms with E-state index in [9.17, 15) is 14.7 Å². The van der Waals surface area contributed by atoms with Crippen LogP contribution in [0.2, 0.25) is 0 Å². The summed E-state index contributed by atoms with van der Waals surface area (Å²) in [6.45, 7) is 5.21. The van der Waals surface area contributed by atoms with Gasteiger partial charge in [0.1, 0.15) is 6.04 Å². The van der Waals surface area contributed by atoms with Crippen LogP contribution >= 0.6 is 0 Å². The average Bonchev–Trinajstić information content (AvgIpc) is 3.08. The Hall–Kier alpha value is -2.78. The van der Waals surface area contributed by atoms with Crippen molar-refractivity contribution in [2.24, 2.45) is 11.8 Å². The van der Waals surface area contributed by atoms with Crippen molar-refractivity contribution in [2.45, 2.75) is 39.2 Å². The first kappa shape index (κ1) is 18.0. The van der Waals surface area contributed by atoms with Crippen LogP contribution in [-0.2, 0) is 9.59 Å². The van der Waals surface area contributed by atoms with E-state index in [1.54, 1.807) is 6.07 Å². The van der Waals surface area contributed by atoms with Gasteiger partial charge in [-0.3, -0.25) is 4.79 Å². The van der Waals surface area contributed by atoms with Crippen molar-refractivity contribution in [3.63, 3.8) is 0 Å². The standard InChI is InChI=1S/C16H23N7O3/c1-10(2)9-12(16(25)26)17-15(24)11-5-7-22(8-6-11)14-4-3-13-18-20-21-23(13)19-14/h3-4,10-12H,5-9H2,1-2H3,(H,17,24)(H,25,26)/t12-/m1/s1. The second-order valence-electron chi connectivity index (χ2n) is 7.01. The van der Waals surface area contributed by atoms with Gasteiger partial charge >= 0.3 is 5.97 Å². The molecule has 0 spiro atoms. The molecule has 26 heavy (non-hydrogen) atoms. The molecule has 10 heteroatoms. The maximum Gasteiger partial charge on any atom is 0.326 e. The SMILES string of the molecule is CC(C)C[C@@H](NC(=O)C1CCN(c2ccc3nnnn3n2)CC1)C(=O)O. The van der Waals surface area contributed by atoms with Gasteiger partial charge in [-0.05, 0) is 47.7 Å². The molecule has 1 aliphatic heterocycles. The minimum absolute atomic E-state index is 0.179. The summed E-state index contributed by atoms with van der Waals surface area (Å²) in [5, 5.41) is 27.5. The number of tetrazole rings is 1. The van der Waals surface area contributed by atoms with Gasteiger partial charge in [-0.25, -0.2) is 4.79 Å². The van der Waals surface area contributed by atoms with Gasteiger partial charge in [-0.2, -0.15) is 0 Å². The minimum Gasteiger partial charge on any atom is -0.480 e. The Morgan fingerprint density at radius 3 is 2.69 bits per heavy atom.